The van der Waals surface area contributed by atoms with E-state index >= 15 is 0 Å². The molecular formula is C13H19NO6S. The van der Waals surface area contributed by atoms with Crippen LogP contribution < -0.4 is 4.72 Å². The molecule has 2 N–H and O–H groups in total. The van der Waals surface area contributed by atoms with Gasteiger partial charge in [0.15, 0.2) is 0 Å². The van der Waals surface area contributed by atoms with Crippen LogP contribution in [0.1, 0.15) is 15.9 Å². The van der Waals surface area contributed by atoms with Gasteiger partial charge in [-0.25, -0.2) is 17.9 Å². The Kier molecular flexibility index (Phi) is 7.30. The molecule has 21 heavy (non-hydrogen) atoms. The lowest BCUT2D eigenvalue weighted by Crippen LogP contribution is -2.28. The molecule has 8 heteroatoms. The van der Waals surface area contributed by atoms with E-state index in [4.69, 9.17) is 14.6 Å². The first-order valence-electron chi connectivity index (χ1n) is 6.31. The van der Waals surface area contributed by atoms with Crippen LogP contribution in [0.3, 0.4) is 0 Å². The van der Waals surface area contributed by atoms with Crippen molar-refractivity contribution in [1.29, 1.82) is 0 Å². The number of hydrogen-bond acceptors (Lipinski definition) is 5. The summed E-state index contributed by atoms with van der Waals surface area (Å²) >= 11 is 0. The van der Waals surface area contributed by atoms with Crippen LogP contribution in [0.4, 0.5) is 0 Å². The number of nitrogens with one attached hydrogen (secondary N) is 1. The van der Waals surface area contributed by atoms with Gasteiger partial charge in [-0.05, 0) is 17.7 Å². The number of carboxylic acid groups (broad SMARTS) is 1. The summed E-state index contributed by atoms with van der Waals surface area (Å²) in [6.45, 7) is 0.975. The lowest BCUT2D eigenvalue weighted by Gasteiger charge is -2.07. The summed E-state index contributed by atoms with van der Waals surface area (Å²) in [4.78, 5) is 10.7. The van der Waals surface area contributed by atoms with E-state index in [1.54, 1.807) is 12.1 Å². The first kappa shape index (κ1) is 17.6. The molecule has 0 aliphatic carbocycles. The molecule has 0 atom stereocenters. The molecule has 0 aliphatic heterocycles. The molecule has 0 spiro atoms. The maximum Gasteiger partial charge on any atom is 0.335 e. The minimum absolute atomic E-state index is 0.0939. The first-order valence-corrected chi connectivity index (χ1v) is 7.96. The van der Waals surface area contributed by atoms with Gasteiger partial charge in [-0.1, -0.05) is 12.1 Å². The SMILES string of the molecule is COCCOCCS(=O)(=O)NCc1ccc(C(=O)O)cc1. The van der Waals surface area contributed by atoms with E-state index in [1.807, 2.05) is 0 Å². The molecule has 0 aliphatic rings. The summed E-state index contributed by atoms with van der Waals surface area (Å²) < 4.78 is 35.7. The Bertz CT molecular complexity index is 540. The summed E-state index contributed by atoms with van der Waals surface area (Å²) in [7, 11) is -1.89. The monoisotopic (exact) mass is 317 g/mol. The Morgan fingerprint density at radius 1 is 1.19 bits per heavy atom. The summed E-state index contributed by atoms with van der Waals surface area (Å²) in [6, 6.07) is 6.00. The third kappa shape index (κ3) is 7.19. The molecule has 0 aromatic heterocycles. The van der Waals surface area contributed by atoms with Crippen molar-refractivity contribution in [3.05, 3.63) is 35.4 Å². The van der Waals surface area contributed by atoms with Gasteiger partial charge in [0.1, 0.15) is 0 Å². The normalized spacial score (nSPS) is 11.5. The average molecular weight is 317 g/mol. The van der Waals surface area contributed by atoms with Crippen LogP contribution in [0.15, 0.2) is 24.3 Å². The number of carbonyl (C=O) groups is 1. The van der Waals surface area contributed by atoms with E-state index in [9.17, 15) is 13.2 Å². The molecule has 7 nitrogen and oxygen atoms in total. The second-order valence-electron chi connectivity index (χ2n) is 4.25. The summed E-state index contributed by atoms with van der Waals surface area (Å²) in [5.41, 5.74) is 0.844. The molecule has 0 saturated heterocycles. The van der Waals surface area contributed by atoms with Crippen LogP contribution >= 0.6 is 0 Å². The molecule has 0 bridgehead atoms. The topological polar surface area (TPSA) is 102 Å². The van der Waals surface area contributed by atoms with Crippen molar-refractivity contribution in [3.8, 4) is 0 Å². The van der Waals surface area contributed by atoms with Crippen molar-refractivity contribution in [3.63, 3.8) is 0 Å². The average Bonchev–Trinajstić information content (AvgIpc) is 2.45. The number of sulfonamides is 1. The quantitative estimate of drug-likeness (QED) is 0.608. The Balaban J connectivity index is 2.37. The largest absolute Gasteiger partial charge is 0.478 e. The first-order chi connectivity index (χ1) is 9.94. The lowest BCUT2D eigenvalue weighted by molar-refractivity contribution is 0.0697. The van der Waals surface area contributed by atoms with Gasteiger partial charge in [0.25, 0.3) is 0 Å². The fourth-order valence-corrected chi connectivity index (χ4v) is 2.31. The van der Waals surface area contributed by atoms with Gasteiger partial charge < -0.3 is 14.6 Å². The van der Waals surface area contributed by atoms with Gasteiger partial charge in [-0.2, -0.15) is 0 Å². The number of carboxylic acids is 1. The maximum absolute atomic E-state index is 11.7. The number of ether oxygens (including phenoxy) is 2. The van der Waals surface area contributed by atoms with Crippen LogP contribution in [0.25, 0.3) is 0 Å². The Labute approximate surface area is 123 Å². The number of methoxy groups -OCH3 is 1. The summed E-state index contributed by atoms with van der Waals surface area (Å²) in [6.07, 6.45) is 0. The van der Waals surface area contributed by atoms with Crippen LogP contribution in [0.5, 0.6) is 0 Å². The van der Waals surface area contributed by atoms with Crippen molar-refractivity contribution in [2.75, 3.05) is 32.7 Å². The van der Waals surface area contributed by atoms with Crippen molar-refractivity contribution in [1.82, 2.24) is 4.72 Å². The predicted octanol–water partition coefficient (Wildman–Crippen LogP) is 0.467. The van der Waals surface area contributed by atoms with Gasteiger partial charge in [0, 0.05) is 13.7 Å². The molecule has 0 saturated carbocycles. The second-order valence-corrected chi connectivity index (χ2v) is 6.17. The van der Waals surface area contributed by atoms with Gasteiger partial charge in [0.05, 0.1) is 31.1 Å². The van der Waals surface area contributed by atoms with Crippen molar-refractivity contribution >= 4 is 16.0 Å². The molecule has 0 heterocycles. The minimum Gasteiger partial charge on any atom is -0.478 e. The van der Waals surface area contributed by atoms with Crippen molar-refractivity contribution in [2.45, 2.75) is 6.54 Å². The molecule has 1 rings (SSSR count). The van der Waals surface area contributed by atoms with E-state index in [0.29, 0.717) is 18.8 Å². The van der Waals surface area contributed by atoms with E-state index in [2.05, 4.69) is 4.72 Å². The third-order valence-electron chi connectivity index (χ3n) is 2.63. The zero-order valence-electron chi connectivity index (χ0n) is 11.7. The smallest absolute Gasteiger partial charge is 0.335 e. The highest BCUT2D eigenvalue weighted by atomic mass is 32.2. The fourth-order valence-electron chi connectivity index (χ4n) is 1.44. The van der Waals surface area contributed by atoms with Gasteiger partial charge in [-0.3, -0.25) is 0 Å². The Morgan fingerprint density at radius 2 is 1.86 bits per heavy atom. The number of hydrogen-bond donors (Lipinski definition) is 2. The summed E-state index contributed by atoms with van der Waals surface area (Å²) in [5.74, 6) is -1.15. The maximum atomic E-state index is 11.7. The number of aromatic carboxylic acids is 1. The van der Waals surface area contributed by atoms with Gasteiger partial charge in [0.2, 0.25) is 10.0 Å². The highest BCUT2D eigenvalue weighted by molar-refractivity contribution is 7.89. The highest BCUT2D eigenvalue weighted by Crippen LogP contribution is 2.04. The molecular weight excluding hydrogens is 298 g/mol. The van der Waals surface area contributed by atoms with E-state index in [0.717, 1.165) is 0 Å². The molecule has 118 valence electrons. The van der Waals surface area contributed by atoms with Crippen LogP contribution in [-0.4, -0.2) is 52.2 Å². The zero-order chi connectivity index (χ0) is 15.7. The van der Waals surface area contributed by atoms with Crippen LogP contribution in [-0.2, 0) is 26.0 Å². The van der Waals surface area contributed by atoms with Crippen LogP contribution in [0, 0.1) is 0 Å². The van der Waals surface area contributed by atoms with Crippen LogP contribution in [0.2, 0.25) is 0 Å². The zero-order valence-corrected chi connectivity index (χ0v) is 12.6. The van der Waals surface area contributed by atoms with E-state index in [-0.39, 0.29) is 24.5 Å². The predicted molar refractivity (Wildman–Crippen MR) is 76.7 cm³/mol. The fraction of sp³-hybridized carbons (Fsp3) is 0.462. The third-order valence-corrected chi connectivity index (χ3v) is 3.91. The lowest BCUT2D eigenvalue weighted by atomic mass is 10.1. The summed E-state index contributed by atoms with van der Waals surface area (Å²) in [5, 5.41) is 8.76. The molecule has 0 fully saturated rings. The molecule has 1 aromatic carbocycles. The Morgan fingerprint density at radius 3 is 2.43 bits per heavy atom. The van der Waals surface area contributed by atoms with Crippen molar-refractivity contribution in [2.24, 2.45) is 0 Å². The number of benzene rings is 1. The molecule has 0 radical (unpaired) electrons. The standard InChI is InChI=1S/C13H19NO6S/c1-19-6-7-20-8-9-21(17,18)14-10-11-2-4-12(5-3-11)13(15)16/h2-5,14H,6-10H2,1H3,(H,15,16). The molecule has 0 unspecified atom stereocenters. The molecule has 1 aromatic rings. The molecule has 0 amide bonds. The minimum atomic E-state index is -3.43. The van der Waals surface area contributed by atoms with Gasteiger partial charge >= 0.3 is 5.97 Å². The second kappa shape index (κ2) is 8.73. The number of rotatable bonds is 10. The van der Waals surface area contributed by atoms with Gasteiger partial charge in [-0.15, -0.1) is 0 Å². The van der Waals surface area contributed by atoms with Crippen molar-refractivity contribution < 1.29 is 27.8 Å². The Hall–Kier alpha value is -1.48. The van der Waals surface area contributed by atoms with E-state index in [1.165, 1.54) is 19.2 Å². The highest BCUT2D eigenvalue weighted by Gasteiger charge is 2.10. The van der Waals surface area contributed by atoms with E-state index < -0.39 is 16.0 Å².